The summed E-state index contributed by atoms with van der Waals surface area (Å²) in [6.45, 7) is 3.70. The second-order valence-electron chi connectivity index (χ2n) is 4.57. The van der Waals surface area contributed by atoms with Crippen molar-refractivity contribution in [2.75, 3.05) is 19.6 Å². The monoisotopic (exact) mass is 292 g/mol. The summed E-state index contributed by atoms with van der Waals surface area (Å²) in [6.07, 6.45) is -3.63. The van der Waals surface area contributed by atoms with Crippen LogP contribution in [0.5, 0.6) is 0 Å². The maximum absolute atomic E-state index is 11.8. The molecule has 1 rings (SSSR count). The summed E-state index contributed by atoms with van der Waals surface area (Å²) >= 11 is 0. The van der Waals surface area contributed by atoms with Crippen LogP contribution in [0.4, 0.5) is 13.2 Å². The van der Waals surface area contributed by atoms with Crippen LogP contribution in [0.2, 0.25) is 0 Å². The molecule has 0 atom stereocenters. The second kappa shape index (κ2) is 7.28. The topological polar surface area (TPSA) is 59.0 Å². The third-order valence-corrected chi connectivity index (χ3v) is 2.60. The van der Waals surface area contributed by atoms with Crippen molar-refractivity contribution in [2.45, 2.75) is 33.0 Å². The van der Waals surface area contributed by atoms with E-state index in [0.29, 0.717) is 13.1 Å². The standard InChI is InChI=1S/C12H19F3N4O/c1-9-6-10(2)19(18-9)5-3-4-16-7-11(20)17-8-12(13,14)15/h6,16H,3-5,7-8H2,1-2H3,(H,17,20). The first-order valence-electron chi connectivity index (χ1n) is 6.33. The quantitative estimate of drug-likeness (QED) is 0.741. The zero-order valence-electron chi connectivity index (χ0n) is 11.5. The summed E-state index contributed by atoms with van der Waals surface area (Å²) in [5.41, 5.74) is 2.01. The highest BCUT2D eigenvalue weighted by molar-refractivity contribution is 5.77. The highest BCUT2D eigenvalue weighted by Gasteiger charge is 2.27. The maximum atomic E-state index is 11.8. The number of amides is 1. The summed E-state index contributed by atoms with van der Waals surface area (Å²) in [5, 5.41) is 8.88. The Kier molecular flexibility index (Phi) is 6.00. The van der Waals surface area contributed by atoms with Crippen molar-refractivity contribution >= 4 is 5.91 Å². The minimum Gasteiger partial charge on any atom is -0.346 e. The summed E-state index contributed by atoms with van der Waals surface area (Å²) in [4.78, 5) is 11.1. The first-order valence-corrected chi connectivity index (χ1v) is 6.33. The summed E-state index contributed by atoms with van der Waals surface area (Å²) < 4.78 is 37.4. The minimum atomic E-state index is -4.37. The van der Waals surface area contributed by atoms with Gasteiger partial charge >= 0.3 is 6.18 Å². The van der Waals surface area contributed by atoms with E-state index in [0.717, 1.165) is 17.8 Å². The van der Waals surface area contributed by atoms with Crippen molar-refractivity contribution < 1.29 is 18.0 Å². The SMILES string of the molecule is Cc1cc(C)n(CCCNCC(=O)NCC(F)(F)F)n1. The number of alkyl halides is 3. The van der Waals surface area contributed by atoms with Crippen molar-refractivity contribution in [3.63, 3.8) is 0 Å². The Morgan fingerprint density at radius 3 is 2.65 bits per heavy atom. The molecule has 1 heterocycles. The number of halogens is 3. The largest absolute Gasteiger partial charge is 0.405 e. The van der Waals surface area contributed by atoms with Gasteiger partial charge in [-0.3, -0.25) is 9.48 Å². The van der Waals surface area contributed by atoms with Crippen LogP contribution in [-0.4, -0.2) is 41.5 Å². The Balaban J connectivity index is 2.10. The van der Waals surface area contributed by atoms with Crippen LogP contribution in [0.3, 0.4) is 0 Å². The van der Waals surface area contributed by atoms with E-state index in [1.54, 1.807) is 5.32 Å². The average Bonchev–Trinajstić information content (AvgIpc) is 2.64. The molecule has 1 aromatic heterocycles. The molecule has 0 aromatic carbocycles. The molecule has 0 unspecified atom stereocenters. The van der Waals surface area contributed by atoms with Gasteiger partial charge in [-0.1, -0.05) is 0 Å². The molecule has 0 aliphatic heterocycles. The number of nitrogens with zero attached hydrogens (tertiary/aromatic N) is 2. The third kappa shape index (κ3) is 6.55. The molecular weight excluding hydrogens is 273 g/mol. The van der Waals surface area contributed by atoms with Crippen LogP contribution in [0.1, 0.15) is 17.8 Å². The normalized spacial score (nSPS) is 11.7. The van der Waals surface area contributed by atoms with Gasteiger partial charge in [-0.05, 0) is 32.9 Å². The first-order chi connectivity index (χ1) is 9.28. The van der Waals surface area contributed by atoms with Gasteiger partial charge in [0.15, 0.2) is 0 Å². The molecule has 0 radical (unpaired) electrons. The molecular formula is C12H19F3N4O. The Morgan fingerprint density at radius 1 is 1.40 bits per heavy atom. The predicted octanol–water partition coefficient (Wildman–Crippen LogP) is 1.16. The minimum absolute atomic E-state index is 0.118. The van der Waals surface area contributed by atoms with Gasteiger partial charge in [-0.15, -0.1) is 0 Å². The lowest BCUT2D eigenvalue weighted by Crippen LogP contribution is -2.39. The molecule has 1 amide bonds. The van der Waals surface area contributed by atoms with Crippen molar-refractivity contribution in [3.05, 3.63) is 17.5 Å². The molecule has 114 valence electrons. The molecule has 8 heteroatoms. The number of carbonyl (C=O) groups excluding carboxylic acids is 1. The predicted molar refractivity (Wildman–Crippen MR) is 68.3 cm³/mol. The van der Waals surface area contributed by atoms with Crippen LogP contribution >= 0.6 is 0 Å². The van der Waals surface area contributed by atoms with Gasteiger partial charge in [0.05, 0.1) is 12.2 Å². The van der Waals surface area contributed by atoms with E-state index in [9.17, 15) is 18.0 Å². The Labute approximate surface area is 115 Å². The van der Waals surface area contributed by atoms with Gasteiger partial charge in [0.2, 0.25) is 5.91 Å². The lowest BCUT2D eigenvalue weighted by molar-refractivity contribution is -0.137. The van der Waals surface area contributed by atoms with E-state index in [1.807, 2.05) is 24.6 Å². The van der Waals surface area contributed by atoms with Gasteiger partial charge in [0.1, 0.15) is 6.54 Å². The second-order valence-corrected chi connectivity index (χ2v) is 4.57. The molecule has 2 N–H and O–H groups in total. The zero-order valence-corrected chi connectivity index (χ0v) is 11.5. The number of carbonyl (C=O) groups is 1. The summed E-state index contributed by atoms with van der Waals surface area (Å²) in [7, 11) is 0. The molecule has 0 bridgehead atoms. The van der Waals surface area contributed by atoms with Crippen molar-refractivity contribution in [3.8, 4) is 0 Å². The Morgan fingerprint density at radius 2 is 2.10 bits per heavy atom. The molecule has 0 saturated heterocycles. The van der Waals surface area contributed by atoms with E-state index >= 15 is 0 Å². The lowest BCUT2D eigenvalue weighted by Gasteiger charge is -2.09. The van der Waals surface area contributed by atoms with Gasteiger partial charge in [0, 0.05) is 12.2 Å². The van der Waals surface area contributed by atoms with E-state index in [4.69, 9.17) is 0 Å². The molecule has 0 fully saturated rings. The van der Waals surface area contributed by atoms with Gasteiger partial charge < -0.3 is 10.6 Å². The fourth-order valence-electron chi connectivity index (χ4n) is 1.72. The highest BCUT2D eigenvalue weighted by Crippen LogP contribution is 2.11. The zero-order chi connectivity index (χ0) is 15.2. The number of nitrogens with one attached hydrogen (secondary N) is 2. The van der Waals surface area contributed by atoms with Gasteiger partial charge in [-0.2, -0.15) is 18.3 Å². The van der Waals surface area contributed by atoms with Crippen LogP contribution < -0.4 is 10.6 Å². The molecule has 20 heavy (non-hydrogen) atoms. The molecule has 0 aliphatic carbocycles. The van der Waals surface area contributed by atoms with E-state index < -0.39 is 18.6 Å². The molecule has 1 aromatic rings. The van der Waals surface area contributed by atoms with Crippen molar-refractivity contribution in [2.24, 2.45) is 0 Å². The van der Waals surface area contributed by atoms with E-state index in [1.165, 1.54) is 0 Å². The van der Waals surface area contributed by atoms with Crippen molar-refractivity contribution in [1.29, 1.82) is 0 Å². The lowest BCUT2D eigenvalue weighted by atomic mass is 10.4. The number of hydrogen-bond donors (Lipinski definition) is 2. The Hall–Kier alpha value is -1.57. The number of aryl methyl sites for hydroxylation is 3. The van der Waals surface area contributed by atoms with Crippen LogP contribution in [0.15, 0.2) is 6.07 Å². The van der Waals surface area contributed by atoms with Crippen LogP contribution in [0, 0.1) is 13.8 Å². The highest BCUT2D eigenvalue weighted by atomic mass is 19.4. The van der Waals surface area contributed by atoms with Crippen LogP contribution in [0.25, 0.3) is 0 Å². The molecule has 5 nitrogen and oxygen atoms in total. The van der Waals surface area contributed by atoms with Crippen molar-refractivity contribution in [1.82, 2.24) is 20.4 Å². The number of rotatable bonds is 7. The fourth-order valence-corrected chi connectivity index (χ4v) is 1.72. The number of hydrogen-bond acceptors (Lipinski definition) is 3. The average molecular weight is 292 g/mol. The fraction of sp³-hybridized carbons (Fsp3) is 0.667. The van der Waals surface area contributed by atoms with Gasteiger partial charge in [-0.25, -0.2) is 0 Å². The summed E-state index contributed by atoms with van der Waals surface area (Å²) in [5.74, 6) is -0.659. The molecule has 0 saturated carbocycles. The maximum Gasteiger partial charge on any atom is 0.405 e. The molecule has 0 spiro atoms. The smallest absolute Gasteiger partial charge is 0.346 e. The van der Waals surface area contributed by atoms with E-state index in [-0.39, 0.29) is 6.54 Å². The third-order valence-electron chi connectivity index (χ3n) is 2.60. The first kappa shape index (κ1) is 16.5. The summed E-state index contributed by atoms with van der Waals surface area (Å²) in [6, 6.07) is 1.97. The molecule has 0 aliphatic rings. The van der Waals surface area contributed by atoms with E-state index in [2.05, 4.69) is 10.4 Å². The van der Waals surface area contributed by atoms with Crippen LogP contribution in [-0.2, 0) is 11.3 Å². The Bertz CT molecular complexity index is 442. The van der Waals surface area contributed by atoms with Gasteiger partial charge in [0.25, 0.3) is 0 Å². The number of aromatic nitrogens is 2.